The second-order valence-electron chi connectivity index (χ2n) is 13.0. The van der Waals surface area contributed by atoms with E-state index in [1.165, 1.54) is 31.3 Å². The van der Waals surface area contributed by atoms with Crippen molar-refractivity contribution >= 4 is 63.2 Å². The van der Waals surface area contributed by atoms with Gasteiger partial charge in [0, 0.05) is 42.0 Å². The molecule has 1 aliphatic rings. The first-order chi connectivity index (χ1) is 24.8. The average Bonchev–Trinajstić information content (AvgIpc) is 3.90. The highest BCUT2D eigenvalue weighted by Gasteiger charge is 2.34. The summed E-state index contributed by atoms with van der Waals surface area (Å²) in [7, 11) is 0. The van der Waals surface area contributed by atoms with Crippen molar-refractivity contribution in [3.63, 3.8) is 0 Å². The number of carboxylic acids is 1. The van der Waals surface area contributed by atoms with E-state index in [1.54, 1.807) is 40.9 Å². The Morgan fingerprint density at radius 3 is 1.80 bits per heavy atom. The first-order valence-electron chi connectivity index (χ1n) is 16.8. The van der Waals surface area contributed by atoms with E-state index in [2.05, 4.69) is 152 Å². The van der Waals surface area contributed by atoms with Gasteiger partial charge >= 0.3 is 5.97 Å². The second-order valence-corrected chi connectivity index (χ2v) is 15.2. The topological polar surface area (TPSA) is 52.9 Å². The van der Waals surface area contributed by atoms with Gasteiger partial charge in [0.25, 0.3) is 0 Å². The molecule has 1 N–H and O–H groups in total. The molecule has 6 heteroatoms. The third kappa shape index (κ3) is 6.47. The lowest BCUT2D eigenvalue weighted by molar-refractivity contribution is 0.0696. The normalized spacial score (nSPS) is 13.3. The first kappa shape index (κ1) is 32.4. The molecule has 1 aliphatic heterocycles. The highest BCUT2D eigenvalue weighted by molar-refractivity contribution is 7.24. The van der Waals surface area contributed by atoms with Crippen LogP contribution in [0.1, 0.15) is 34.6 Å². The predicted molar refractivity (Wildman–Crippen MR) is 216 cm³/mol. The molecule has 0 saturated heterocycles. The number of thiophene rings is 2. The lowest BCUT2D eigenvalue weighted by Crippen LogP contribution is -2.24. The standard InChI is InChI=1S/C45H34N2O2S2/c1-45(2)38-29-33(44(48)49)19-24-39(38)46-43(45)28-23-37-22-25-41(50-37)42-27-26-40(51-42)32-15-13-30(14-16-32)31-17-20-36(21-18-31)47(34-9-5-3-6-10-34)35-11-7-4-8-12-35/h3-29H,1-2H3,(H,48,49)/b28-23+. The maximum absolute atomic E-state index is 11.5. The number of nitrogens with zero attached hydrogens (tertiary/aromatic N) is 2. The molecule has 248 valence electrons. The number of rotatable bonds is 9. The van der Waals surface area contributed by atoms with Crippen molar-refractivity contribution < 1.29 is 9.90 Å². The largest absolute Gasteiger partial charge is 0.478 e. The van der Waals surface area contributed by atoms with Crippen LogP contribution in [0.4, 0.5) is 22.7 Å². The van der Waals surface area contributed by atoms with E-state index < -0.39 is 5.97 Å². The van der Waals surface area contributed by atoms with E-state index in [0.717, 1.165) is 38.9 Å². The fraction of sp³-hybridized carbons (Fsp3) is 0.0667. The summed E-state index contributed by atoms with van der Waals surface area (Å²) in [6.45, 7) is 4.19. The number of hydrogen-bond donors (Lipinski definition) is 1. The highest BCUT2D eigenvalue weighted by Crippen LogP contribution is 2.42. The van der Waals surface area contributed by atoms with Crippen molar-refractivity contribution in [2.45, 2.75) is 19.3 Å². The first-order valence-corrected chi connectivity index (χ1v) is 18.4. The minimum atomic E-state index is -0.922. The van der Waals surface area contributed by atoms with Gasteiger partial charge in [-0.25, -0.2) is 4.79 Å². The predicted octanol–water partition coefficient (Wildman–Crippen LogP) is 13.1. The number of anilines is 3. The molecule has 0 aliphatic carbocycles. The summed E-state index contributed by atoms with van der Waals surface area (Å²) in [6.07, 6.45) is 4.17. The molecule has 0 atom stereocenters. The number of benzene rings is 5. The van der Waals surface area contributed by atoms with E-state index in [0.29, 0.717) is 0 Å². The number of fused-ring (bicyclic) bond motifs is 1. The lowest BCUT2D eigenvalue weighted by atomic mass is 9.81. The zero-order chi connectivity index (χ0) is 35.0. The van der Waals surface area contributed by atoms with Gasteiger partial charge in [0.15, 0.2) is 0 Å². The third-order valence-corrected chi connectivity index (χ3v) is 11.7. The molecule has 0 amide bonds. The van der Waals surface area contributed by atoms with Crippen molar-refractivity contribution in [1.82, 2.24) is 0 Å². The molecule has 51 heavy (non-hydrogen) atoms. The van der Waals surface area contributed by atoms with Crippen LogP contribution in [0.25, 0.3) is 37.4 Å². The number of carbonyl (C=O) groups is 1. The minimum Gasteiger partial charge on any atom is -0.478 e. The average molecular weight is 699 g/mol. The Balaban J connectivity index is 0.959. The van der Waals surface area contributed by atoms with E-state index in [9.17, 15) is 9.90 Å². The summed E-state index contributed by atoms with van der Waals surface area (Å²) in [5.74, 6) is -0.922. The molecule has 8 rings (SSSR count). The van der Waals surface area contributed by atoms with Crippen LogP contribution < -0.4 is 4.90 Å². The van der Waals surface area contributed by atoms with Gasteiger partial charge in [0.05, 0.1) is 17.0 Å². The molecule has 0 saturated carbocycles. The molecule has 0 bridgehead atoms. The Kier molecular flexibility index (Phi) is 8.56. The third-order valence-electron chi connectivity index (χ3n) is 9.34. The van der Waals surface area contributed by atoms with E-state index in [-0.39, 0.29) is 11.0 Å². The molecule has 0 fully saturated rings. The zero-order valence-corrected chi connectivity index (χ0v) is 29.8. The van der Waals surface area contributed by atoms with Gasteiger partial charge < -0.3 is 10.0 Å². The number of hydrogen-bond acceptors (Lipinski definition) is 5. The number of allylic oxidation sites excluding steroid dienone is 1. The van der Waals surface area contributed by atoms with Gasteiger partial charge in [-0.1, -0.05) is 86.6 Å². The molecular formula is C45H34N2O2S2. The monoisotopic (exact) mass is 698 g/mol. The number of aliphatic imine (C=N–C) groups is 1. The van der Waals surface area contributed by atoms with Crippen molar-refractivity contribution in [3.8, 4) is 31.3 Å². The van der Waals surface area contributed by atoms with Crippen LogP contribution in [-0.2, 0) is 5.41 Å². The van der Waals surface area contributed by atoms with E-state index >= 15 is 0 Å². The second kappa shape index (κ2) is 13.5. The van der Waals surface area contributed by atoms with Crippen LogP contribution in [-0.4, -0.2) is 16.8 Å². The highest BCUT2D eigenvalue weighted by atomic mass is 32.1. The van der Waals surface area contributed by atoms with Gasteiger partial charge in [-0.3, -0.25) is 4.99 Å². The van der Waals surface area contributed by atoms with Crippen molar-refractivity contribution in [3.05, 3.63) is 174 Å². The number of carboxylic acid groups (broad SMARTS) is 1. The zero-order valence-electron chi connectivity index (χ0n) is 28.2. The molecule has 5 aromatic carbocycles. The fourth-order valence-corrected chi connectivity index (χ4v) is 8.53. The van der Waals surface area contributed by atoms with Crippen LogP contribution >= 0.6 is 22.7 Å². The summed E-state index contributed by atoms with van der Waals surface area (Å²) in [4.78, 5) is 23.5. The number of aromatic carboxylic acids is 1. The molecule has 2 aromatic heterocycles. The Morgan fingerprint density at radius 2 is 1.16 bits per heavy atom. The Labute approximate surface area is 306 Å². The Hall–Kier alpha value is -5.82. The van der Waals surface area contributed by atoms with Crippen molar-refractivity contribution in [1.29, 1.82) is 0 Å². The maximum Gasteiger partial charge on any atom is 0.335 e. The molecular weight excluding hydrogens is 665 g/mol. The van der Waals surface area contributed by atoms with Crippen LogP contribution in [0.3, 0.4) is 0 Å². The van der Waals surface area contributed by atoms with E-state index in [1.807, 2.05) is 12.1 Å². The minimum absolute atomic E-state index is 0.289. The quantitative estimate of drug-likeness (QED) is 0.163. The summed E-state index contributed by atoms with van der Waals surface area (Å²) in [5.41, 5.74) is 9.55. The summed E-state index contributed by atoms with van der Waals surface area (Å²) in [6, 6.07) is 52.5. The smallest absolute Gasteiger partial charge is 0.335 e. The SMILES string of the molecule is CC1(C)C(/C=C/c2ccc(-c3ccc(-c4ccc(-c5ccc(N(c6ccccc6)c6ccccc6)cc5)cc4)s3)s2)=Nc2ccc(C(=O)O)cc21. The summed E-state index contributed by atoms with van der Waals surface area (Å²) >= 11 is 3.56. The molecule has 0 radical (unpaired) electrons. The van der Waals surface area contributed by atoms with Crippen molar-refractivity contribution in [2.75, 3.05) is 4.90 Å². The van der Waals surface area contributed by atoms with E-state index in [4.69, 9.17) is 4.99 Å². The molecule has 7 aromatic rings. The lowest BCUT2D eigenvalue weighted by Gasteiger charge is -2.25. The molecule has 3 heterocycles. The van der Waals surface area contributed by atoms with Gasteiger partial charge in [0.2, 0.25) is 0 Å². The van der Waals surface area contributed by atoms with Gasteiger partial charge in [-0.05, 0) is 113 Å². The van der Waals surface area contributed by atoms with Gasteiger partial charge in [-0.2, -0.15) is 0 Å². The van der Waals surface area contributed by atoms with Gasteiger partial charge in [0.1, 0.15) is 0 Å². The molecule has 4 nitrogen and oxygen atoms in total. The van der Waals surface area contributed by atoms with Crippen LogP contribution in [0.5, 0.6) is 0 Å². The van der Waals surface area contributed by atoms with Crippen molar-refractivity contribution in [2.24, 2.45) is 4.99 Å². The van der Waals surface area contributed by atoms with Crippen LogP contribution in [0, 0.1) is 0 Å². The Bertz CT molecular complexity index is 2360. The number of para-hydroxylation sites is 2. The van der Waals surface area contributed by atoms with Crippen LogP contribution in [0.2, 0.25) is 0 Å². The Morgan fingerprint density at radius 1 is 0.608 bits per heavy atom. The molecule has 0 unspecified atom stereocenters. The van der Waals surface area contributed by atoms with Crippen LogP contribution in [0.15, 0.2) is 163 Å². The molecule has 0 spiro atoms. The summed E-state index contributed by atoms with van der Waals surface area (Å²) in [5, 5.41) is 9.45. The fourth-order valence-electron chi connectivity index (χ4n) is 6.51. The van der Waals surface area contributed by atoms with Gasteiger partial charge in [-0.15, -0.1) is 22.7 Å². The maximum atomic E-state index is 11.5. The summed E-state index contributed by atoms with van der Waals surface area (Å²) < 4.78 is 0.